The number of amides is 2. The number of hydrogen-bond acceptors (Lipinski definition) is 5. The molecule has 2 amide bonds. The Morgan fingerprint density at radius 3 is 2.53 bits per heavy atom. The Labute approximate surface area is 178 Å². The Morgan fingerprint density at radius 2 is 1.80 bits per heavy atom. The van der Waals surface area contributed by atoms with Crippen LogP contribution in [0.15, 0.2) is 59.8 Å². The van der Waals surface area contributed by atoms with Crippen molar-refractivity contribution in [3.8, 4) is 0 Å². The van der Waals surface area contributed by atoms with Crippen LogP contribution in [0.1, 0.15) is 34.7 Å². The summed E-state index contributed by atoms with van der Waals surface area (Å²) >= 11 is 1.25. The van der Waals surface area contributed by atoms with Gasteiger partial charge in [0.15, 0.2) is 11.0 Å². The highest BCUT2D eigenvalue weighted by atomic mass is 32.2. The van der Waals surface area contributed by atoms with Crippen LogP contribution in [-0.4, -0.2) is 32.3 Å². The molecule has 0 saturated carbocycles. The van der Waals surface area contributed by atoms with E-state index in [9.17, 15) is 14.0 Å². The van der Waals surface area contributed by atoms with Gasteiger partial charge in [0.1, 0.15) is 5.82 Å². The molecule has 0 aliphatic heterocycles. The Bertz CT molecular complexity index is 1030. The first-order chi connectivity index (χ1) is 14.5. The summed E-state index contributed by atoms with van der Waals surface area (Å²) in [5.74, 6) is -0.543. The number of hydrogen-bond donors (Lipinski definition) is 2. The van der Waals surface area contributed by atoms with Crippen molar-refractivity contribution < 1.29 is 14.0 Å². The molecule has 0 aliphatic rings. The maximum Gasteiger partial charge on any atom is 0.254 e. The van der Waals surface area contributed by atoms with Gasteiger partial charge in [-0.15, -0.1) is 10.2 Å². The Kier molecular flexibility index (Phi) is 7.18. The molecule has 2 N–H and O–H groups in total. The summed E-state index contributed by atoms with van der Waals surface area (Å²) in [6, 6.07) is 15.4. The Morgan fingerprint density at radius 1 is 1.10 bits per heavy atom. The van der Waals surface area contributed by atoms with Crippen LogP contribution in [0.3, 0.4) is 0 Å². The van der Waals surface area contributed by atoms with E-state index in [-0.39, 0.29) is 29.8 Å². The zero-order chi connectivity index (χ0) is 21.5. The third-order valence-electron chi connectivity index (χ3n) is 4.46. The second-order valence-electron chi connectivity index (χ2n) is 6.61. The van der Waals surface area contributed by atoms with E-state index in [1.165, 1.54) is 30.0 Å². The van der Waals surface area contributed by atoms with Gasteiger partial charge in [0.05, 0.1) is 23.9 Å². The van der Waals surface area contributed by atoms with Gasteiger partial charge in [-0.25, -0.2) is 4.39 Å². The molecule has 0 bridgehead atoms. The average Bonchev–Trinajstić information content (AvgIpc) is 3.11. The van der Waals surface area contributed by atoms with E-state index in [0.29, 0.717) is 11.0 Å². The summed E-state index contributed by atoms with van der Waals surface area (Å²) < 4.78 is 15.4. The molecule has 1 heterocycles. The SMILES string of the molecule is C[C@@H](NC(=O)CSc1nnc(CNC(=O)c2ccccc2F)n1C)c1ccccc1. The summed E-state index contributed by atoms with van der Waals surface area (Å²) in [6.45, 7) is 2.02. The fourth-order valence-corrected chi connectivity index (χ4v) is 3.50. The fraction of sp³-hybridized carbons (Fsp3) is 0.238. The van der Waals surface area contributed by atoms with Crippen molar-refractivity contribution in [1.82, 2.24) is 25.4 Å². The molecule has 3 rings (SSSR count). The normalized spacial score (nSPS) is 11.7. The Hall–Kier alpha value is -3.20. The molecule has 0 radical (unpaired) electrons. The fourth-order valence-electron chi connectivity index (χ4n) is 2.76. The van der Waals surface area contributed by atoms with Crippen molar-refractivity contribution in [3.63, 3.8) is 0 Å². The first-order valence-electron chi connectivity index (χ1n) is 9.34. The summed E-state index contributed by atoms with van der Waals surface area (Å²) in [5.41, 5.74) is 1.00. The van der Waals surface area contributed by atoms with E-state index in [1.807, 2.05) is 37.3 Å². The molecular weight excluding hydrogens is 405 g/mol. The van der Waals surface area contributed by atoms with Gasteiger partial charge in [-0.1, -0.05) is 54.2 Å². The molecule has 0 spiro atoms. The van der Waals surface area contributed by atoms with E-state index >= 15 is 0 Å². The number of nitrogens with one attached hydrogen (secondary N) is 2. The zero-order valence-corrected chi connectivity index (χ0v) is 17.4. The van der Waals surface area contributed by atoms with E-state index in [1.54, 1.807) is 17.7 Å². The summed E-state index contributed by atoms with van der Waals surface area (Å²) in [6.07, 6.45) is 0. The molecule has 0 fully saturated rings. The summed E-state index contributed by atoms with van der Waals surface area (Å²) in [7, 11) is 1.75. The minimum absolute atomic E-state index is 0.0292. The van der Waals surface area contributed by atoms with Gasteiger partial charge in [-0.3, -0.25) is 9.59 Å². The highest BCUT2D eigenvalue weighted by molar-refractivity contribution is 7.99. The molecule has 156 valence electrons. The summed E-state index contributed by atoms with van der Waals surface area (Å²) in [4.78, 5) is 24.4. The first kappa shape index (κ1) is 21.5. The molecule has 1 aromatic heterocycles. The molecule has 1 atom stereocenters. The lowest BCUT2D eigenvalue weighted by Crippen LogP contribution is -2.28. The van der Waals surface area contributed by atoms with Crippen LogP contribution >= 0.6 is 11.8 Å². The first-order valence-corrected chi connectivity index (χ1v) is 10.3. The molecule has 30 heavy (non-hydrogen) atoms. The quantitative estimate of drug-likeness (QED) is 0.540. The van der Waals surface area contributed by atoms with Crippen molar-refractivity contribution >= 4 is 23.6 Å². The maximum atomic E-state index is 13.7. The van der Waals surface area contributed by atoms with Crippen molar-refractivity contribution in [2.45, 2.75) is 24.7 Å². The van der Waals surface area contributed by atoms with Gasteiger partial charge in [-0.2, -0.15) is 0 Å². The number of rotatable bonds is 8. The maximum absolute atomic E-state index is 13.7. The molecular formula is C21H22FN5O2S. The molecule has 0 unspecified atom stereocenters. The van der Waals surface area contributed by atoms with Gasteiger partial charge in [0.25, 0.3) is 5.91 Å². The van der Waals surface area contributed by atoms with Crippen molar-refractivity contribution in [3.05, 3.63) is 77.4 Å². The van der Waals surface area contributed by atoms with E-state index < -0.39 is 11.7 Å². The van der Waals surface area contributed by atoms with Crippen LogP contribution in [-0.2, 0) is 18.4 Å². The predicted octanol–water partition coefficient (Wildman–Crippen LogP) is 2.85. The average molecular weight is 428 g/mol. The molecule has 0 saturated heterocycles. The van der Waals surface area contributed by atoms with Gasteiger partial charge in [0, 0.05) is 7.05 Å². The lowest BCUT2D eigenvalue weighted by molar-refractivity contribution is -0.119. The molecule has 3 aromatic rings. The van der Waals surface area contributed by atoms with Crippen molar-refractivity contribution in [2.24, 2.45) is 7.05 Å². The lowest BCUT2D eigenvalue weighted by Gasteiger charge is -2.14. The van der Waals surface area contributed by atoms with Crippen LogP contribution < -0.4 is 10.6 Å². The highest BCUT2D eigenvalue weighted by Crippen LogP contribution is 2.17. The Balaban J connectivity index is 1.51. The second-order valence-corrected chi connectivity index (χ2v) is 7.55. The van der Waals surface area contributed by atoms with E-state index in [2.05, 4.69) is 20.8 Å². The van der Waals surface area contributed by atoms with Gasteiger partial charge in [0.2, 0.25) is 5.91 Å². The third-order valence-corrected chi connectivity index (χ3v) is 5.48. The topological polar surface area (TPSA) is 88.9 Å². The number of nitrogens with zero attached hydrogens (tertiary/aromatic N) is 3. The zero-order valence-electron chi connectivity index (χ0n) is 16.6. The minimum atomic E-state index is -0.583. The van der Waals surface area contributed by atoms with Crippen LogP contribution in [0.5, 0.6) is 0 Å². The molecule has 0 aliphatic carbocycles. The predicted molar refractivity (Wildman–Crippen MR) is 112 cm³/mol. The summed E-state index contributed by atoms with van der Waals surface area (Å²) in [5, 5.41) is 14.2. The van der Waals surface area contributed by atoms with Crippen LogP contribution in [0.25, 0.3) is 0 Å². The van der Waals surface area contributed by atoms with Gasteiger partial charge < -0.3 is 15.2 Å². The van der Waals surface area contributed by atoms with Gasteiger partial charge in [-0.05, 0) is 24.6 Å². The lowest BCUT2D eigenvalue weighted by atomic mass is 10.1. The number of carbonyl (C=O) groups is 2. The number of halogens is 1. The highest BCUT2D eigenvalue weighted by Gasteiger charge is 2.15. The standard InChI is InChI=1S/C21H22FN5O2S/c1-14(15-8-4-3-5-9-15)24-19(28)13-30-21-26-25-18(27(21)2)12-23-20(29)16-10-6-7-11-17(16)22/h3-11,14H,12-13H2,1-2H3,(H,23,29)(H,24,28)/t14-/m1/s1. The second kappa shape index (κ2) is 10.0. The largest absolute Gasteiger partial charge is 0.349 e. The van der Waals surface area contributed by atoms with Crippen LogP contribution in [0.4, 0.5) is 4.39 Å². The van der Waals surface area contributed by atoms with E-state index in [0.717, 1.165) is 5.56 Å². The third kappa shape index (κ3) is 5.44. The number of carbonyl (C=O) groups excluding carboxylic acids is 2. The molecule has 2 aromatic carbocycles. The minimum Gasteiger partial charge on any atom is -0.349 e. The smallest absolute Gasteiger partial charge is 0.254 e. The number of aromatic nitrogens is 3. The van der Waals surface area contributed by atoms with Crippen LogP contribution in [0.2, 0.25) is 0 Å². The van der Waals surface area contributed by atoms with Crippen LogP contribution in [0, 0.1) is 5.82 Å². The number of thioether (sulfide) groups is 1. The van der Waals surface area contributed by atoms with E-state index in [4.69, 9.17) is 0 Å². The number of benzene rings is 2. The molecule has 7 nitrogen and oxygen atoms in total. The van der Waals surface area contributed by atoms with Gasteiger partial charge >= 0.3 is 0 Å². The molecule has 9 heteroatoms. The van der Waals surface area contributed by atoms with Crippen molar-refractivity contribution in [2.75, 3.05) is 5.75 Å². The van der Waals surface area contributed by atoms with Crippen molar-refractivity contribution in [1.29, 1.82) is 0 Å². The monoisotopic (exact) mass is 427 g/mol.